The predicted molar refractivity (Wildman–Crippen MR) is 90.9 cm³/mol. The molecule has 0 amide bonds. The summed E-state index contributed by atoms with van der Waals surface area (Å²) in [5.41, 5.74) is 1.000. The number of piperidine rings is 1. The molecule has 1 saturated heterocycles. The summed E-state index contributed by atoms with van der Waals surface area (Å²) in [6, 6.07) is 6.74. The van der Waals surface area contributed by atoms with Crippen LogP contribution in [0.25, 0.3) is 0 Å². The molecule has 6 heteroatoms. The lowest BCUT2D eigenvalue weighted by Gasteiger charge is -2.37. The number of benzene rings is 1. The quantitative estimate of drug-likeness (QED) is 0.843. The van der Waals surface area contributed by atoms with Crippen LogP contribution in [-0.2, 0) is 6.54 Å². The van der Waals surface area contributed by atoms with Crippen molar-refractivity contribution in [1.29, 1.82) is 0 Å². The van der Waals surface area contributed by atoms with E-state index in [4.69, 9.17) is 0 Å². The molecule has 5 nitrogen and oxygen atoms in total. The van der Waals surface area contributed by atoms with Crippen molar-refractivity contribution >= 4 is 0 Å². The number of aromatic nitrogens is 4. The van der Waals surface area contributed by atoms with Crippen LogP contribution in [0.5, 0.6) is 0 Å². The van der Waals surface area contributed by atoms with E-state index in [1.165, 1.54) is 25.0 Å². The number of nitrogens with zero attached hydrogens (tertiary/aromatic N) is 5. The Balaban J connectivity index is 1.81. The van der Waals surface area contributed by atoms with Gasteiger partial charge in [-0.3, -0.25) is 4.90 Å². The molecule has 130 valence electrons. The van der Waals surface area contributed by atoms with E-state index in [9.17, 15) is 4.39 Å². The molecule has 0 bridgehead atoms. The van der Waals surface area contributed by atoms with Crippen molar-refractivity contribution in [3.8, 4) is 0 Å². The van der Waals surface area contributed by atoms with Gasteiger partial charge in [-0.1, -0.05) is 32.9 Å². The Kier molecular flexibility index (Phi) is 5.23. The molecule has 0 radical (unpaired) electrons. The smallest absolute Gasteiger partial charge is 0.169 e. The summed E-state index contributed by atoms with van der Waals surface area (Å²) in [4.78, 5) is 2.51. The molecule has 3 rings (SSSR count). The van der Waals surface area contributed by atoms with Crippen molar-refractivity contribution < 1.29 is 4.39 Å². The Bertz CT molecular complexity index is 644. The van der Waals surface area contributed by atoms with Crippen LogP contribution in [-0.4, -0.2) is 38.2 Å². The zero-order valence-corrected chi connectivity index (χ0v) is 14.7. The van der Waals surface area contributed by atoms with Gasteiger partial charge in [0.05, 0.1) is 12.6 Å². The summed E-state index contributed by atoms with van der Waals surface area (Å²) in [5.74, 6) is 1.91. The van der Waals surface area contributed by atoms with Crippen molar-refractivity contribution in [2.45, 2.75) is 46.2 Å². The molecule has 0 N–H and O–H groups in total. The summed E-state index contributed by atoms with van der Waals surface area (Å²) in [6.07, 6.45) is 2.45. The van der Waals surface area contributed by atoms with Gasteiger partial charge in [-0.15, -0.1) is 5.10 Å². The van der Waals surface area contributed by atoms with E-state index in [0.29, 0.717) is 12.5 Å². The van der Waals surface area contributed by atoms with Gasteiger partial charge in [-0.2, -0.15) is 0 Å². The Labute approximate surface area is 142 Å². The van der Waals surface area contributed by atoms with Gasteiger partial charge < -0.3 is 0 Å². The van der Waals surface area contributed by atoms with Crippen LogP contribution >= 0.6 is 0 Å². The Morgan fingerprint density at radius 2 is 1.83 bits per heavy atom. The summed E-state index contributed by atoms with van der Waals surface area (Å²) in [7, 11) is 0. The summed E-state index contributed by atoms with van der Waals surface area (Å²) < 4.78 is 15.0. The highest BCUT2D eigenvalue weighted by Gasteiger charge is 2.31. The topological polar surface area (TPSA) is 46.8 Å². The highest BCUT2D eigenvalue weighted by molar-refractivity contribution is 5.16. The molecular weight excluding hydrogens is 305 g/mol. The molecule has 1 aromatic carbocycles. The van der Waals surface area contributed by atoms with Crippen LogP contribution in [0.15, 0.2) is 24.3 Å². The van der Waals surface area contributed by atoms with Gasteiger partial charge in [-0.25, -0.2) is 9.07 Å². The number of rotatable bonds is 5. The average molecular weight is 331 g/mol. The maximum Gasteiger partial charge on any atom is 0.169 e. The van der Waals surface area contributed by atoms with Crippen LogP contribution in [0.3, 0.4) is 0 Å². The molecule has 1 aliphatic heterocycles. The van der Waals surface area contributed by atoms with Gasteiger partial charge in [0.2, 0.25) is 0 Å². The SMILES string of the molecule is CC1CCN([C@@H](c2nnnn2Cc2ccc(F)cc2)C(C)C)CC1. The molecular formula is C18H26FN5. The van der Waals surface area contributed by atoms with Crippen molar-refractivity contribution in [3.63, 3.8) is 0 Å². The predicted octanol–water partition coefficient (Wildman–Crippen LogP) is 3.29. The Morgan fingerprint density at radius 1 is 1.17 bits per heavy atom. The molecule has 1 aromatic heterocycles. The third-order valence-corrected chi connectivity index (χ3v) is 4.91. The fourth-order valence-corrected chi connectivity index (χ4v) is 3.49. The van der Waals surface area contributed by atoms with Crippen LogP contribution < -0.4 is 0 Å². The molecule has 0 spiro atoms. The summed E-state index contributed by atoms with van der Waals surface area (Å²) in [5, 5.41) is 12.4. The van der Waals surface area contributed by atoms with Gasteiger partial charge in [0.1, 0.15) is 5.82 Å². The molecule has 1 atom stereocenters. The zero-order chi connectivity index (χ0) is 17.1. The molecule has 2 aromatic rings. The second kappa shape index (κ2) is 7.38. The fourth-order valence-electron chi connectivity index (χ4n) is 3.49. The van der Waals surface area contributed by atoms with Crippen LogP contribution in [0.4, 0.5) is 4.39 Å². The maximum absolute atomic E-state index is 13.1. The van der Waals surface area contributed by atoms with E-state index in [0.717, 1.165) is 30.4 Å². The lowest BCUT2D eigenvalue weighted by Crippen LogP contribution is -2.39. The zero-order valence-electron chi connectivity index (χ0n) is 14.7. The Morgan fingerprint density at radius 3 is 2.46 bits per heavy atom. The Hall–Kier alpha value is -1.82. The van der Waals surface area contributed by atoms with Crippen molar-refractivity contribution in [1.82, 2.24) is 25.1 Å². The van der Waals surface area contributed by atoms with Crippen LogP contribution in [0.2, 0.25) is 0 Å². The third-order valence-electron chi connectivity index (χ3n) is 4.91. The summed E-state index contributed by atoms with van der Waals surface area (Å²) in [6.45, 7) is 9.51. The van der Waals surface area contributed by atoms with Crippen LogP contribution in [0.1, 0.15) is 51.0 Å². The molecule has 0 saturated carbocycles. The van der Waals surface area contributed by atoms with E-state index >= 15 is 0 Å². The lowest BCUT2D eigenvalue weighted by molar-refractivity contribution is 0.0995. The van der Waals surface area contributed by atoms with E-state index in [-0.39, 0.29) is 11.9 Å². The van der Waals surface area contributed by atoms with Crippen LogP contribution in [0, 0.1) is 17.7 Å². The van der Waals surface area contributed by atoms with E-state index in [1.54, 1.807) is 12.1 Å². The number of hydrogen-bond donors (Lipinski definition) is 0. The minimum absolute atomic E-state index is 0.216. The summed E-state index contributed by atoms with van der Waals surface area (Å²) >= 11 is 0. The lowest BCUT2D eigenvalue weighted by atomic mass is 9.94. The number of likely N-dealkylation sites (tertiary alicyclic amines) is 1. The second-order valence-electron chi connectivity index (χ2n) is 7.23. The molecule has 1 fully saturated rings. The molecule has 0 aliphatic carbocycles. The van der Waals surface area contributed by atoms with Gasteiger partial charge in [0, 0.05) is 0 Å². The van der Waals surface area contributed by atoms with E-state index in [2.05, 4.69) is 41.2 Å². The van der Waals surface area contributed by atoms with E-state index in [1.807, 2.05) is 4.68 Å². The van der Waals surface area contributed by atoms with Gasteiger partial charge in [0.15, 0.2) is 5.82 Å². The van der Waals surface area contributed by atoms with Crippen molar-refractivity contribution in [3.05, 3.63) is 41.5 Å². The minimum atomic E-state index is -0.224. The first-order chi connectivity index (χ1) is 11.5. The van der Waals surface area contributed by atoms with Crippen molar-refractivity contribution in [2.24, 2.45) is 11.8 Å². The first kappa shape index (κ1) is 17.0. The monoisotopic (exact) mass is 331 g/mol. The normalized spacial score (nSPS) is 18.2. The molecule has 24 heavy (non-hydrogen) atoms. The fraction of sp³-hybridized carbons (Fsp3) is 0.611. The highest BCUT2D eigenvalue weighted by atomic mass is 19.1. The minimum Gasteiger partial charge on any atom is -0.293 e. The molecule has 1 aliphatic rings. The number of halogens is 1. The largest absolute Gasteiger partial charge is 0.293 e. The second-order valence-corrected chi connectivity index (χ2v) is 7.23. The van der Waals surface area contributed by atoms with Gasteiger partial charge in [0.25, 0.3) is 0 Å². The maximum atomic E-state index is 13.1. The first-order valence-electron chi connectivity index (χ1n) is 8.79. The van der Waals surface area contributed by atoms with Crippen molar-refractivity contribution in [2.75, 3.05) is 13.1 Å². The number of hydrogen-bond acceptors (Lipinski definition) is 4. The average Bonchev–Trinajstić information content (AvgIpc) is 2.99. The molecule has 0 unspecified atom stereocenters. The first-order valence-corrected chi connectivity index (χ1v) is 8.79. The van der Waals surface area contributed by atoms with Gasteiger partial charge >= 0.3 is 0 Å². The number of tetrazole rings is 1. The third kappa shape index (κ3) is 3.80. The highest BCUT2D eigenvalue weighted by Crippen LogP contribution is 2.31. The standard InChI is InChI=1S/C18H26FN5/c1-13(2)17(23-10-8-14(3)9-11-23)18-20-21-22-24(18)12-15-4-6-16(19)7-5-15/h4-7,13-14,17H,8-12H2,1-3H3/t17-/m1/s1. The molecule has 2 heterocycles. The van der Waals surface area contributed by atoms with E-state index < -0.39 is 0 Å². The van der Waals surface area contributed by atoms with Gasteiger partial charge in [-0.05, 0) is 65.9 Å².